The van der Waals surface area contributed by atoms with Crippen molar-refractivity contribution in [2.75, 3.05) is 11.1 Å². The Morgan fingerprint density at radius 1 is 1.42 bits per heavy atom. The van der Waals surface area contributed by atoms with E-state index in [0.717, 1.165) is 6.42 Å². The van der Waals surface area contributed by atoms with Crippen LogP contribution in [0.1, 0.15) is 19.8 Å². The van der Waals surface area contributed by atoms with E-state index in [0.29, 0.717) is 17.9 Å². The number of carbonyl (C=O) groups excluding carboxylic acids is 2. The Kier molecular flexibility index (Phi) is 7.28. The van der Waals surface area contributed by atoms with Gasteiger partial charge in [0.05, 0.1) is 11.9 Å². The molecule has 0 fully saturated rings. The quantitative estimate of drug-likeness (QED) is 0.641. The maximum atomic E-state index is 11.9. The number of carbonyl (C=O) groups is 2. The summed E-state index contributed by atoms with van der Waals surface area (Å²) < 4.78 is 0. The first-order valence-corrected chi connectivity index (χ1v) is 5.61. The van der Waals surface area contributed by atoms with Gasteiger partial charge in [-0.2, -0.15) is 0 Å². The van der Waals surface area contributed by atoms with E-state index in [4.69, 9.17) is 11.5 Å². The molecule has 0 radical (unpaired) electrons. The number of primary amides is 1. The van der Waals surface area contributed by atoms with Crippen LogP contribution in [0.3, 0.4) is 0 Å². The van der Waals surface area contributed by atoms with Gasteiger partial charge in [0.25, 0.3) is 0 Å². The maximum absolute atomic E-state index is 11.9. The molecule has 0 aliphatic rings. The first-order valence-electron chi connectivity index (χ1n) is 5.61. The molecular weight excluding hydrogens is 270 g/mol. The van der Waals surface area contributed by atoms with Crippen molar-refractivity contribution >= 4 is 35.9 Å². The Labute approximate surface area is 117 Å². The number of halogens is 1. The molecule has 0 saturated heterocycles. The number of anilines is 2. The number of nitrogens with two attached hydrogens (primary N) is 2. The fourth-order valence-electron chi connectivity index (χ4n) is 1.44. The van der Waals surface area contributed by atoms with Gasteiger partial charge in [-0.15, -0.1) is 12.4 Å². The van der Waals surface area contributed by atoms with Crippen LogP contribution in [0.25, 0.3) is 0 Å². The molecule has 1 atom stereocenters. The number of pyridine rings is 1. The Bertz CT molecular complexity index is 424. The average Bonchev–Trinajstić information content (AvgIpc) is 2.31. The van der Waals surface area contributed by atoms with Gasteiger partial charge >= 0.3 is 6.03 Å². The van der Waals surface area contributed by atoms with Gasteiger partial charge in [0.15, 0.2) is 0 Å². The topological polar surface area (TPSA) is 123 Å². The second kappa shape index (κ2) is 8.15. The monoisotopic (exact) mass is 287 g/mol. The molecule has 0 saturated carbocycles. The molecule has 7 nitrogen and oxygen atoms in total. The van der Waals surface area contributed by atoms with Gasteiger partial charge in [0.1, 0.15) is 11.9 Å². The number of hydrogen-bond donors (Lipinski definition) is 4. The summed E-state index contributed by atoms with van der Waals surface area (Å²) in [5.41, 5.74) is 11.0. The highest BCUT2D eigenvalue weighted by molar-refractivity contribution is 5.96. The third kappa shape index (κ3) is 5.91. The molecule has 1 aromatic rings. The minimum atomic E-state index is -0.723. The van der Waals surface area contributed by atoms with E-state index in [1.54, 1.807) is 12.1 Å². The van der Waals surface area contributed by atoms with Crippen LogP contribution < -0.4 is 22.1 Å². The molecule has 106 valence electrons. The van der Waals surface area contributed by atoms with E-state index in [2.05, 4.69) is 15.6 Å². The van der Waals surface area contributed by atoms with Crippen molar-refractivity contribution in [1.82, 2.24) is 10.3 Å². The van der Waals surface area contributed by atoms with E-state index in [1.165, 1.54) is 6.20 Å². The van der Waals surface area contributed by atoms with Crippen molar-refractivity contribution in [3.63, 3.8) is 0 Å². The second-order valence-electron chi connectivity index (χ2n) is 3.81. The largest absolute Gasteiger partial charge is 0.384 e. The number of rotatable bonds is 5. The van der Waals surface area contributed by atoms with Crippen molar-refractivity contribution in [1.29, 1.82) is 0 Å². The highest BCUT2D eigenvalue weighted by atomic mass is 35.5. The van der Waals surface area contributed by atoms with Gasteiger partial charge in [-0.25, -0.2) is 9.78 Å². The minimum Gasteiger partial charge on any atom is -0.384 e. The standard InChI is InChI=1S/C11H17N5O2.ClH/c1-2-3-8(16-11(13)18)10(17)15-7-4-5-9(12)14-6-7;/h4-6,8H,2-3H2,1H3,(H2,12,14)(H,15,17)(H3,13,16,18);1H/t8-;/m1./s1. The first kappa shape index (κ1) is 17.0. The summed E-state index contributed by atoms with van der Waals surface area (Å²) in [6.45, 7) is 1.91. The summed E-state index contributed by atoms with van der Waals surface area (Å²) in [4.78, 5) is 26.5. The molecule has 0 aliphatic heterocycles. The van der Waals surface area contributed by atoms with Crippen LogP contribution >= 0.6 is 12.4 Å². The molecular formula is C11H18ClN5O2. The van der Waals surface area contributed by atoms with Crippen LogP contribution in [0.5, 0.6) is 0 Å². The number of urea groups is 1. The summed E-state index contributed by atoms with van der Waals surface area (Å²) >= 11 is 0. The normalized spacial score (nSPS) is 11.0. The van der Waals surface area contributed by atoms with Crippen molar-refractivity contribution in [3.05, 3.63) is 18.3 Å². The summed E-state index contributed by atoms with van der Waals surface area (Å²) in [7, 11) is 0. The van der Waals surface area contributed by atoms with Crippen LogP contribution in [-0.4, -0.2) is 23.0 Å². The van der Waals surface area contributed by atoms with E-state index in [1.807, 2.05) is 6.92 Å². The zero-order valence-corrected chi connectivity index (χ0v) is 11.4. The van der Waals surface area contributed by atoms with Crippen LogP contribution in [0.4, 0.5) is 16.3 Å². The van der Waals surface area contributed by atoms with Crippen LogP contribution in [-0.2, 0) is 4.79 Å². The van der Waals surface area contributed by atoms with Crippen LogP contribution in [0.15, 0.2) is 18.3 Å². The Balaban J connectivity index is 0.00000324. The lowest BCUT2D eigenvalue weighted by Crippen LogP contribution is -2.46. The summed E-state index contributed by atoms with van der Waals surface area (Å²) in [5, 5.41) is 5.03. The van der Waals surface area contributed by atoms with Gasteiger partial charge in [-0.05, 0) is 18.6 Å². The fourth-order valence-corrected chi connectivity index (χ4v) is 1.44. The lowest BCUT2D eigenvalue weighted by molar-refractivity contribution is -0.118. The molecule has 0 aliphatic carbocycles. The molecule has 8 heteroatoms. The highest BCUT2D eigenvalue weighted by Crippen LogP contribution is 2.08. The van der Waals surface area contributed by atoms with Crippen LogP contribution in [0.2, 0.25) is 0 Å². The van der Waals surface area contributed by atoms with E-state index >= 15 is 0 Å². The number of nitrogens with zero attached hydrogens (tertiary/aromatic N) is 1. The highest BCUT2D eigenvalue weighted by Gasteiger charge is 2.18. The van der Waals surface area contributed by atoms with Crippen molar-refractivity contribution in [3.8, 4) is 0 Å². The van der Waals surface area contributed by atoms with Crippen LogP contribution in [0, 0.1) is 0 Å². The third-order valence-electron chi connectivity index (χ3n) is 2.26. The van der Waals surface area contributed by atoms with Crippen molar-refractivity contribution in [2.24, 2.45) is 5.73 Å². The van der Waals surface area contributed by atoms with Gasteiger partial charge in [0, 0.05) is 0 Å². The van der Waals surface area contributed by atoms with Gasteiger partial charge in [0.2, 0.25) is 5.91 Å². The van der Waals surface area contributed by atoms with Gasteiger partial charge in [-0.1, -0.05) is 13.3 Å². The minimum absolute atomic E-state index is 0. The number of hydrogen-bond acceptors (Lipinski definition) is 4. The molecule has 0 aromatic carbocycles. The Hall–Kier alpha value is -2.02. The lowest BCUT2D eigenvalue weighted by Gasteiger charge is -2.16. The molecule has 6 N–H and O–H groups in total. The van der Waals surface area contributed by atoms with E-state index < -0.39 is 12.1 Å². The summed E-state index contributed by atoms with van der Waals surface area (Å²) in [6, 6.07) is 1.84. The Morgan fingerprint density at radius 3 is 2.58 bits per heavy atom. The molecule has 3 amide bonds. The molecule has 1 heterocycles. The predicted octanol–water partition coefficient (Wildman–Crippen LogP) is 0.861. The predicted molar refractivity (Wildman–Crippen MR) is 75.9 cm³/mol. The third-order valence-corrected chi connectivity index (χ3v) is 2.26. The molecule has 0 spiro atoms. The van der Waals surface area contributed by atoms with Gasteiger partial charge in [-0.3, -0.25) is 4.79 Å². The number of aromatic nitrogens is 1. The second-order valence-corrected chi connectivity index (χ2v) is 3.81. The molecule has 1 aromatic heterocycles. The fraction of sp³-hybridized carbons (Fsp3) is 0.364. The van der Waals surface area contributed by atoms with Gasteiger partial charge < -0.3 is 22.1 Å². The SMILES string of the molecule is CCC[C@@H](NC(N)=O)C(=O)Nc1ccc(N)nc1.Cl. The number of nitrogens with one attached hydrogen (secondary N) is 2. The smallest absolute Gasteiger partial charge is 0.312 e. The zero-order chi connectivity index (χ0) is 13.5. The molecule has 19 heavy (non-hydrogen) atoms. The summed E-state index contributed by atoms with van der Waals surface area (Å²) in [6.07, 6.45) is 2.70. The summed E-state index contributed by atoms with van der Waals surface area (Å²) in [5.74, 6) is 0.0376. The Morgan fingerprint density at radius 2 is 2.11 bits per heavy atom. The number of amides is 3. The lowest BCUT2D eigenvalue weighted by atomic mass is 10.1. The van der Waals surface area contributed by atoms with E-state index in [-0.39, 0.29) is 18.3 Å². The molecule has 1 rings (SSSR count). The van der Waals surface area contributed by atoms with E-state index in [9.17, 15) is 9.59 Å². The zero-order valence-electron chi connectivity index (χ0n) is 10.6. The average molecular weight is 288 g/mol. The molecule has 0 unspecified atom stereocenters. The first-order chi connectivity index (χ1) is 8.52. The molecule has 0 bridgehead atoms. The van der Waals surface area contributed by atoms with Crippen molar-refractivity contribution in [2.45, 2.75) is 25.8 Å². The van der Waals surface area contributed by atoms with Crippen molar-refractivity contribution < 1.29 is 9.59 Å². The number of nitrogen functional groups attached to an aromatic ring is 1. The maximum Gasteiger partial charge on any atom is 0.312 e.